The first-order chi connectivity index (χ1) is 11.0. The third-order valence-electron chi connectivity index (χ3n) is 5.17. The second-order valence-electron chi connectivity index (χ2n) is 6.41. The molecule has 8 nitrogen and oxygen atoms in total. The number of primary amides is 1. The average molecular weight is 318 g/mol. The molecular formula is C15H18N4O4. The highest BCUT2D eigenvalue weighted by atomic mass is 16.3. The van der Waals surface area contributed by atoms with E-state index in [1.165, 1.54) is 10.8 Å². The Kier molecular flexibility index (Phi) is 2.99. The van der Waals surface area contributed by atoms with Crippen molar-refractivity contribution < 1.29 is 14.7 Å². The van der Waals surface area contributed by atoms with Crippen LogP contribution in [0, 0.1) is 0 Å². The summed E-state index contributed by atoms with van der Waals surface area (Å²) in [6.45, 7) is 1.98. The van der Waals surface area contributed by atoms with Gasteiger partial charge in [0.05, 0.1) is 6.54 Å². The first-order valence-electron chi connectivity index (χ1n) is 7.82. The topological polar surface area (TPSA) is 109 Å². The monoisotopic (exact) mass is 318 g/mol. The molecule has 0 aliphatic carbocycles. The lowest BCUT2D eigenvalue weighted by Crippen LogP contribution is -2.51. The van der Waals surface area contributed by atoms with E-state index in [1.54, 1.807) is 4.90 Å². The maximum Gasteiger partial charge on any atom is 0.275 e. The molecule has 2 unspecified atom stereocenters. The van der Waals surface area contributed by atoms with E-state index in [1.807, 2.05) is 0 Å². The molecular weight excluding hydrogens is 300 g/mol. The molecule has 0 saturated carbocycles. The molecule has 2 amide bonds. The Bertz CT molecular complexity index is 771. The molecule has 0 aromatic carbocycles. The molecule has 2 saturated heterocycles. The Balaban J connectivity index is 1.82. The van der Waals surface area contributed by atoms with Crippen molar-refractivity contribution in [2.45, 2.75) is 38.0 Å². The molecule has 0 bridgehead atoms. The van der Waals surface area contributed by atoms with Gasteiger partial charge in [0.15, 0.2) is 11.4 Å². The molecule has 4 heterocycles. The predicted octanol–water partition coefficient (Wildman–Crippen LogP) is -0.697. The van der Waals surface area contributed by atoms with Crippen molar-refractivity contribution in [2.75, 3.05) is 13.1 Å². The van der Waals surface area contributed by atoms with Crippen LogP contribution in [-0.2, 0) is 6.54 Å². The fourth-order valence-electron chi connectivity index (χ4n) is 4.07. The maximum atomic E-state index is 12.8. The largest absolute Gasteiger partial charge is 0.503 e. The number of carbonyl (C=O) groups excluding carboxylic acids is 2. The van der Waals surface area contributed by atoms with Crippen LogP contribution in [0.25, 0.3) is 0 Å². The highest BCUT2D eigenvalue weighted by Gasteiger charge is 2.47. The van der Waals surface area contributed by atoms with E-state index in [-0.39, 0.29) is 23.3 Å². The number of piperidine rings is 1. The van der Waals surface area contributed by atoms with Crippen LogP contribution in [-0.4, -0.2) is 56.6 Å². The van der Waals surface area contributed by atoms with Gasteiger partial charge in [-0.15, -0.1) is 0 Å². The lowest BCUT2D eigenvalue weighted by Gasteiger charge is -2.38. The van der Waals surface area contributed by atoms with E-state index in [0.717, 1.165) is 25.8 Å². The summed E-state index contributed by atoms with van der Waals surface area (Å²) < 4.78 is 1.50. The summed E-state index contributed by atoms with van der Waals surface area (Å²) in [5.74, 6) is -1.95. The van der Waals surface area contributed by atoms with E-state index in [0.29, 0.717) is 19.1 Å². The Morgan fingerprint density at radius 2 is 2.04 bits per heavy atom. The van der Waals surface area contributed by atoms with Crippen molar-refractivity contribution in [1.29, 1.82) is 0 Å². The molecule has 1 aromatic heterocycles. The molecule has 23 heavy (non-hydrogen) atoms. The Morgan fingerprint density at radius 3 is 2.78 bits per heavy atom. The number of nitrogens with zero attached hydrogens (tertiary/aromatic N) is 3. The number of hydrogen-bond donors (Lipinski definition) is 2. The van der Waals surface area contributed by atoms with Gasteiger partial charge in [0.25, 0.3) is 11.8 Å². The Morgan fingerprint density at radius 1 is 1.26 bits per heavy atom. The number of amides is 2. The van der Waals surface area contributed by atoms with Gasteiger partial charge in [-0.3, -0.25) is 19.3 Å². The van der Waals surface area contributed by atoms with Gasteiger partial charge in [0.2, 0.25) is 5.43 Å². The molecule has 3 aliphatic rings. The van der Waals surface area contributed by atoms with Crippen molar-refractivity contribution in [3.63, 3.8) is 0 Å². The molecule has 4 rings (SSSR count). The van der Waals surface area contributed by atoms with E-state index >= 15 is 0 Å². The molecule has 122 valence electrons. The Hall–Kier alpha value is -2.35. The van der Waals surface area contributed by atoms with Gasteiger partial charge in [-0.1, -0.05) is 6.42 Å². The SMILES string of the molecule is NC(=O)c1cn2c(c(O)c1=O)C(=O)N1CC3CCCCN3C1C2. The number of pyridine rings is 1. The van der Waals surface area contributed by atoms with Crippen molar-refractivity contribution in [3.8, 4) is 5.75 Å². The molecule has 0 radical (unpaired) electrons. The first kappa shape index (κ1) is 14.3. The number of carbonyl (C=O) groups is 2. The maximum absolute atomic E-state index is 12.8. The minimum Gasteiger partial charge on any atom is -0.503 e. The summed E-state index contributed by atoms with van der Waals surface area (Å²) >= 11 is 0. The number of rotatable bonds is 1. The third kappa shape index (κ3) is 1.91. The highest BCUT2D eigenvalue weighted by molar-refractivity contribution is 5.98. The van der Waals surface area contributed by atoms with Crippen LogP contribution in [0.4, 0.5) is 0 Å². The van der Waals surface area contributed by atoms with Crippen molar-refractivity contribution in [2.24, 2.45) is 5.73 Å². The molecule has 3 aliphatic heterocycles. The number of aromatic nitrogens is 1. The number of hydrogen-bond acceptors (Lipinski definition) is 5. The summed E-state index contributed by atoms with van der Waals surface area (Å²) in [7, 11) is 0. The first-order valence-corrected chi connectivity index (χ1v) is 7.82. The van der Waals surface area contributed by atoms with Crippen molar-refractivity contribution in [3.05, 3.63) is 27.7 Å². The molecule has 2 atom stereocenters. The summed E-state index contributed by atoms with van der Waals surface area (Å²) in [4.78, 5) is 40.2. The predicted molar refractivity (Wildman–Crippen MR) is 80.1 cm³/mol. The van der Waals surface area contributed by atoms with Crippen LogP contribution < -0.4 is 11.2 Å². The zero-order chi connectivity index (χ0) is 16.3. The van der Waals surface area contributed by atoms with Crippen LogP contribution in [0.5, 0.6) is 5.75 Å². The van der Waals surface area contributed by atoms with Gasteiger partial charge < -0.3 is 20.3 Å². The second kappa shape index (κ2) is 4.82. The quantitative estimate of drug-likeness (QED) is 0.712. The van der Waals surface area contributed by atoms with Gasteiger partial charge in [-0.25, -0.2) is 0 Å². The fourth-order valence-corrected chi connectivity index (χ4v) is 4.07. The standard InChI is InChI=1S/C15H18N4O4/c16-14(22)9-6-17-7-10-18-4-2-1-3-8(18)5-19(10)15(23)11(17)13(21)12(9)20/h6,8,10,21H,1-5,7H2,(H2,16,22). The van der Waals surface area contributed by atoms with Crippen LogP contribution in [0.1, 0.15) is 40.1 Å². The van der Waals surface area contributed by atoms with Crippen molar-refractivity contribution >= 4 is 11.8 Å². The molecule has 2 fully saturated rings. The highest BCUT2D eigenvalue weighted by Crippen LogP contribution is 2.34. The van der Waals surface area contributed by atoms with E-state index in [9.17, 15) is 19.5 Å². The van der Waals surface area contributed by atoms with Gasteiger partial charge in [-0.2, -0.15) is 0 Å². The lowest BCUT2D eigenvalue weighted by atomic mass is 10.0. The van der Waals surface area contributed by atoms with Crippen LogP contribution in [0.3, 0.4) is 0 Å². The van der Waals surface area contributed by atoms with E-state index in [4.69, 9.17) is 5.73 Å². The van der Waals surface area contributed by atoms with Gasteiger partial charge in [0.1, 0.15) is 11.7 Å². The number of aromatic hydroxyl groups is 1. The molecule has 3 N–H and O–H groups in total. The minimum atomic E-state index is -0.905. The number of nitrogens with two attached hydrogens (primary N) is 1. The third-order valence-corrected chi connectivity index (χ3v) is 5.17. The normalized spacial score (nSPS) is 26.6. The van der Waals surface area contributed by atoms with Gasteiger partial charge in [0, 0.05) is 25.3 Å². The average Bonchev–Trinajstić information content (AvgIpc) is 2.89. The van der Waals surface area contributed by atoms with E-state index < -0.39 is 17.1 Å². The van der Waals surface area contributed by atoms with E-state index in [2.05, 4.69) is 4.90 Å². The lowest BCUT2D eigenvalue weighted by molar-refractivity contribution is 0.0452. The van der Waals surface area contributed by atoms with Gasteiger partial charge in [-0.05, 0) is 12.8 Å². The smallest absolute Gasteiger partial charge is 0.275 e. The summed E-state index contributed by atoms with van der Waals surface area (Å²) in [5, 5.41) is 10.1. The summed E-state index contributed by atoms with van der Waals surface area (Å²) in [5.41, 5.74) is 3.98. The molecule has 1 aromatic rings. The van der Waals surface area contributed by atoms with Crippen LogP contribution >= 0.6 is 0 Å². The molecule has 0 spiro atoms. The second-order valence-corrected chi connectivity index (χ2v) is 6.41. The molecule has 8 heteroatoms. The number of fused-ring (bicyclic) bond motifs is 4. The van der Waals surface area contributed by atoms with Crippen molar-refractivity contribution in [1.82, 2.24) is 14.4 Å². The summed E-state index contributed by atoms with van der Waals surface area (Å²) in [6.07, 6.45) is 4.50. The van der Waals surface area contributed by atoms with Crippen LogP contribution in [0.2, 0.25) is 0 Å². The van der Waals surface area contributed by atoms with Gasteiger partial charge >= 0.3 is 0 Å². The Labute approximate surface area is 132 Å². The van der Waals surface area contributed by atoms with Crippen LogP contribution in [0.15, 0.2) is 11.0 Å². The summed E-state index contributed by atoms with van der Waals surface area (Å²) in [6, 6.07) is 0.331. The zero-order valence-corrected chi connectivity index (χ0v) is 12.6. The minimum absolute atomic E-state index is 0.0453. The fraction of sp³-hybridized carbons (Fsp3) is 0.533. The zero-order valence-electron chi connectivity index (χ0n) is 12.6.